The van der Waals surface area contributed by atoms with E-state index in [1.807, 2.05) is 28.8 Å². The molecule has 1 amide bonds. The zero-order chi connectivity index (χ0) is 17.1. The van der Waals surface area contributed by atoms with Crippen LogP contribution in [0.5, 0.6) is 5.75 Å². The number of carbonyl (C=O) groups is 1. The maximum absolute atomic E-state index is 12.5. The first-order valence-electron chi connectivity index (χ1n) is 7.19. The number of halogens is 1. The van der Waals surface area contributed by atoms with Gasteiger partial charge in [0.05, 0.1) is 18.0 Å². The Hall–Kier alpha value is -2.25. The summed E-state index contributed by atoms with van der Waals surface area (Å²) in [5.41, 5.74) is 1.28. The first-order chi connectivity index (χ1) is 11.6. The standard InChI is InChI=1S/C16H15ClN4O2S/c1-10(24-16-20-19-14-5-3-4-8-21(14)16)15(22)18-12-9-11(17)6-7-13(12)23-2/h3-10H,1-2H3,(H,18,22)/t10-/m1/s1. The van der Waals surface area contributed by atoms with E-state index in [2.05, 4.69) is 15.5 Å². The molecule has 0 saturated heterocycles. The second-order valence-electron chi connectivity index (χ2n) is 5.01. The lowest BCUT2D eigenvalue weighted by Crippen LogP contribution is -2.23. The van der Waals surface area contributed by atoms with Crippen LogP contribution in [0.1, 0.15) is 6.92 Å². The molecule has 1 aromatic carbocycles. The molecule has 6 nitrogen and oxygen atoms in total. The number of amides is 1. The molecular formula is C16H15ClN4O2S. The molecule has 0 radical (unpaired) electrons. The molecule has 1 N–H and O–H groups in total. The van der Waals surface area contributed by atoms with Crippen LogP contribution in [-0.4, -0.2) is 32.9 Å². The average Bonchev–Trinajstić information content (AvgIpc) is 2.98. The lowest BCUT2D eigenvalue weighted by atomic mass is 10.3. The van der Waals surface area contributed by atoms with E-state index in [0.29, 0.717) is 21.6 Å². The average molecular weight is 363 g/mol. The summed E-state index contributed by atoms with van der Waals surface area (Å²) >= 11 is 7.31. The summed E-state index contributed by atoms with van der Waals surface area (Å²) in [5.74, 6) is 0.381. The molecule has 0 fully saturated rings. The molecular weight excluding hydrogens is 348 g/mol. The number of thioether (sulfide) groups is 1. The van der Waals surface area contributed by atoms with E-state index in [4.69, 9.17) is 16.3 Å². The van der Waals surface area contributed by atoms with Crippen molar-refractivity contribution in [1.82, 2.24) is 14.6 Å². The van der Waals surface area contributed by atoms with Gasteiger partial charge < -0.3 is 10.1 Å². The van der Waals surface area contributed by atoms with Crippen LogP contribution in [0, 0.1) is 0 Å². The smallest absolute Gasteiger partial charge is 0.237 e. The summed E-state index contributed by atoms with van der Waals surface area (Å²) in [7, 11) is 1.54. The Balaban J connectivity index is 1.74. The van der Waals surface area contributed by atoms with Gasteiger partial charge in [0.15, 0.2) is 10.8 Å². The van der Waals surface area contributed by atoms with Gasteiger partial charge in [-0.2, -0.15) is 0 Å². The predicted octanol–water partition coefficient (Wildman–Crippen LogP) is 3.51. The van der Waals surface area contributed by atoms with Gasteiger partial charge in [0.1, 0.15) is 5.75 Å². The molecule has 8 heteroatoms. The van der Waals surface area contributed by atoms with Crippen molar-refractivity contribution in [1.29, 1.82) is 0 Å². The Morgan fingerprint density at radius 2 is 2.17 bits per heavy atom. The van der Waals surface area contributed by atoms with Gasteiger partial charge in [0.25, 0.3) is 0 Å². The van der Waals surface area contributed by atoms with Crippen molar-refractivity contribution in [3.63, 3.8) is 0 Å². The Labute approximate surface area is 148 Å². The number of nitrogens with zero attached hydrogens (tertiary/aromatic N) is 3. The van der Waals surface area contributed by atoms with Crippen molar-refractivity contribution in [3.8, 4) is 5.75 Å². The fourth-order valence-corrected chi connectivity index (χ4v) is 3.13. The SMILES string of the molecule is COc1ccc(Cl)cc1NC(=O)[C@@H](C)Sc1nnc2ccccn12. The van der Waals surface area contributed by atoms with Gasteiger partial charge in [-0.3, -0.25) is 9.20 Å². The summed E-state index contributed by atoms with van der Waals surface area (Å²) in [4.78, 5) is 12.5. The highest BCUT2D eigenvalue weighted by atomic mass is 35.5. The van der Waals surface area contributed by atoms with E-state index in [1.54, 1.807) is 32.2 Å². The summed E-state index contributed by atoms with van der Waals surface area (Å²) in [6, 6.07) is 10.7. The third-order valence-corrected chi connectivity index (χ3v) is 4.65. The number of carbonyl (C=O) groups excluding carboxylic acids is 1. The van der Waals surface area contributed by atoms with E-state index in [0.717, 1.165) is 5.65 Å². The van der Waals surface area contributed by atoms with Gasteiger partial charge in [0.2, 0.25) is 5.91 Å². The normalized spacial score (nSPS) is 12.1. The summed E-state index contributed by atoms with van der Waals surface area (Å²) in [5, 5.41) is 11.8. The number of hydrogen-bond donors (Lipinski definition) is 1. The fourth-order valence-electron chi connectivity index (χ4n) is 2.12. The minimum atomic E-state index is -0.374. The molecule has 0 bridgehead atoms. The number of ether oxygens (including phenoxy) is 1. The molecule has 2 heterocycles. The first-order valence-corrected chi connectivity index (χ1v) is 8.45. The lowest BCUT2D eigenvalue weighted by molar-refractivity contribution is -0.115. The van der Waals surface area contributed by atoms with Crippen molar-refractivity contribution in [2.75, 3.05) is 12.4 Å². The Morgan fingerprint density at radius 1 is 1.33 bits per heavy atom. The van der Waals surface area contributed by atoms with E-state index >= 15 is 0 Å². The van der Waals surface area contributed by atoms with Gasteiger partial charge in [-0.25, -0.2) is 0 Å². The van der Waals surface area contributed by atoms with Crippen LogP contribution in [0.25, 0.3) is 5.65 Å². The molecule has 0 unspecified atom stereocenters. The van der Waals surface area contributed by atoms with Crippen molar-refractivity contribution >= 4 is 40.6 Å². The minimum Gasteiger partial charge on any atom is -0.495 e. The molecule has 3 rings (SSSR count). The second-order valence-corrected chi connectivity index (χ2v) is 6.75. The van der Waals surface area contributed by atoms with E-state index in [-0.39, 0.29) is 11.2 Å². The molecule has 0 aliphatic rings. The van der Waals surface area contributed by atoms with Gasteiger partial charge >= 0.3 is 0 Å². The zero-order valence-electron chi connectivity index (χ0n) is 13.1. The third-order valence-electron chi connectivity index (χ3n) is 3.35. The number of rotatable bonds is 5. The second kappa shape index (κ2) is 7.11. The van der Waals surface area contributed by atoms with E-state index in [1.165, 1.54) is 11.8 Å². The van der Waals surface area contributed by atoms with Crippen molar-refractivity contribution in [3.05, 3.63) is 47.6 Å². The molecule has 0 aliphatic carbocycles. The number of nitrogens with one attached hydrogen (secondary N) is 1. The molecule has 0 aliphatic heterocycles. The fraction of sp³-hybridized carbons (Fsp3) is 0.188. The zero-order valence-corrected chi connectivity index (χ0v) is 14.6. The molecule has 2 aromatic heterocycles. The minimum absolute atomic E-state index is 0.173. The third kappa shape index (κ3) is 3.47. The van der Waals surface area contributed by atoms with Gasteiger partial charge in [0, 0.05) is 11.2 Å². The van der Waals surface area contributed by atoms with Crippen LogP contribution in [0.2, 0.25) is 5.02 Å². The number of aromatic nitrogens is 3. The van der Waals surface area contributed by atoms with Crippen molar-refractivity contribution < 1.29 is 9.53 Å². The molecule has 0 saturated carbocycles. The lowest BCUT2D eigenvalue weighted by Gasteiger charge is -2.13. The number of anilines is 1. The Morgan fingerprint density at radius 3 is 2.96 bits per heavy atom. The number of hydrogen-bond acceptors (Lipinski definition) is 5. The van der Waals surface area contributed by atoms with Crippen LogP contribution in [0.4, 0.5) is 5.69 Å². The van der Waals surface area contributed by atoms with Crippen LogP contribution >= 0.6 is 23.4 Å². The van der Waals surface area contributed by atoms with Gasteiger partial charge in [-0.05, 0) is 37.3 Å². The highest BCUT2D eigenvalue weighted by Crippen LogP contribution is 2.29. The van der Waals surface area contributed by atoms with E-state index in [9.17, 15) is 4.79 Å². The summed E-state index contributed by atoms with van der Waals surface area (Å²) in [6.45, 7) is 1.81. The molecule has 1 atom stereocenters. The van der Waals surface area contributed by atoms with Crippen LogP contribution in [0.15, 0.2) is 47.8 Å². The molecule has 124 valence electrons. The van der Waals surface area contributed by atoms with E-state index < -0.39 is 0 Å². The van der Waals surface area contributed by atoms with Crippen LogP contribution < -0.4 is 10.1 Å². The molecule has 3 aromatic rings. The van der Waals surface area contributed by atoms with Crippen molar-refractivity contribution in [2.24, 2.45) is 0 Å². The van der Waals surface area contributed by atoms with Crippen LogP contribution in [-0.2, 0) is 4.79 Å². The number of benzene rings is 1. The molecule has 0 spiro atoms. The highest BCUT2D eigenvalue weighted by molar-refractivity contribution is 8.00. The molecule has 24 heavy (non-hydrogen) atoms. The summed E-state index contributed by atoms with van der Waals surface area (Å²) < 4.78 is 7.08. The predicted molar refractivity (Wildman–Crippen MR) is 94.9 cm³/mol. The highest BCUT2D eigenvalue weighted by Gasteiger charge is 2.19. The number of pyridine rings is 1. The maximum atomic E-state index is 12.5. The van der Waals surface area contributed by atoms with Crippen molar-refractivity contribution in [2.45, 2.75) is 17.3 Å². The largest absolute Gasteiger partial charge is 0.495 e. The quantitative estimate of drug-likeness (QED) is 0.703. The summed E-state index contributed by atoms with van der Waals surface area (Å²) in [6.07, 6.45) is 1.86. The number of fused-ring (bicyclic) bond motifs is 1. The van der Waals surface area contributed by atoms with Crippen LogP contribution in [0.3, 0.4) is 0 Å². The van der Waals surface area contributed by atoms with Gasteiger partial charge in [-0.15, -0.1) is 10.2 Å². The number of methoxy groups -OCH3 is 1. The topological polar surface area (TPSA) is 68.5 Å². The monoisotopic (exact) mass is 362 g/mol. The Bertz CT molecular complexity index is 883. The van der Waals surface area contributed by atoms with Gasteiger partial charge in [-0.1, -0.05) is 29.4 Å². The first kappa shape index (κ1) is 16.6. The maximum Gasteiger partial charge on any atom is 0.237 e. The Kier molecular flexibility index (Phi) is 4.92.